The smallest absolute Gasteiger partial charge is 0.414 e. The molecule has 0 saturated carbocycles. The van der Waals surface area contributed by atoms with E-state index in [1.807, 2.05) is 4.90 Å². The first-order chi connectivity index (χ1) is 14.4. The Kier molecular flexibility index (Phi) is 5.39. The Balaban J connectivity index is 1.38. The summed E-state index contributed by atoms with van der Waals surface area (Å²) in [4.78, 5) is 41.0. The second-order valence-corrected chi connectivity index (χ2v) is 7.31. The molecule has 7 nitrogen and oxygen atoms in total. The molecule has 4 rings (SSSR count). The molecule has 2 fully saturated rings. The lowest BCUT2D eigenvalue weighted by Gasteiger charge is -2.36. The Morgan fingerprint density at radius 3 is 2.17 bits per heavy atom. The molecule has 8 heteroatoms. The Labute approximate surface area is 173 Å². The van der Waals surface area contributed by atoms with Gasteiger partial charge in [-0.05, 0) is 49.4 Å². The molecule has 0 unspecified atom stereocenters. The maximum absolute atomic E-state index is 14.4. The zero-order chi connectivity index (χ0) is 21.3. The zero-order valence-electron chi connectivity index (χ0n) is 16.6. The molecule has 2 heterocycles. The van der Waals surface area contributed by atoms with Crippen LogP contribution in [0.3, 0.4) is 0 Å². The Hall–Kier alpha value is -3.42. The van der Waals surface area contributed by atoms with Crippen molar-refractivity contribution in [1.82, 2.24) is 4.90 Å². The molecule has 2 aliphatic rings. The highest BCUT2D eigenvalue weighted by molar-refractivity contribution is 5.96. The molecule has 0 aliphatic carbocycles. The minimum absolute atomic E-state index is 0.0994. The standard InChI is InChI=1S/C22H22FN3O4/c1-15(27)17-4-7-20(19(23)14-17)24-8-10-25(11-9-24)21(28)16-2-5-18(6-3-16)26-12-13-30-22(26)29/h2-7,14H,8-13H2,1H3. The van der Waals surface area contributed by atoms with Gasteiger partial charge >= 0.3 is 6.09 Å². The largest absolute Gasteiger partial charge is 0.447 e. The van der Waals surface area contributed by atoms with Gasteiger partial charge in [0, 0.05) is 43.0 Å². The van der Waals surface area contributed by atoms with Crippen LogP contribution in [0.1, 0.15) is 27.6 Å². The third-order valence-corrected chi connectivity index (χ3v) is 5.45. The number of anilines is 2. The first-order valence-corrected chi connectivity index (χ1v) is 9.83. The fraction of sp³-hybridized carbons (Fsp3) is 0.318. The highest BCUT2D eigenvalue weighted by atomic mass is 19.1. The average molecular weight is 411 g/mol. The number of ketones is 1. The van der Waals surface area contributed by atoms with Crippen LogP contribution in [0.15, 0.2) is 42.5 Å². The summed E-state index contributed by atoms with van der Waals surface area (Å²) in [7, 11) is 0. The van der Waals surface area contributed by atoms with Crippen LogP contribution in [0.5, 0.6) is 0 Å². The summed E-state index contributed by atoms with van der Waals surface area (Å²) >= 11 is 0. The van der Waals surface area contributed by atoms with Crippen molar-refractivity contribution < 1.29 is 23.5 Å². The van der Waals surface area contributed by atoms with Crippen LogP contribution in [0.4, 0.5) is 20.6 Å². The number of hydrogen-bond donors (Lipinski definition) is 0. The number of benzene rings is 2. The van der Waals surface area contributed by atoms with Crippen molar-refractivity contribution in [3.05, 3.63) is 59.4 Å². The van der Waals surface area contributed by atoms with E-state index in [0.29, 0.717) is 61.8 Å². The van der Waals surface area contributed by atoms with Gasteiger partial charge < -0.3 is 14.5 Å². The average Bonchev–Trinajstić information content (AvgIpc) is 3.19. The summed E-state index contributed by atoms with van der Waals surface area (Å²) in [6.07, 6.45) is -0.381. The van der Waals surface area contributed by atoms with E-state index in [0.717, 1.165) is 0 Å². The molecule has 0 aromatic heterocycles. The number of amides is 2. The second-order valence-electron chi connectivity index (χ2n) is 7.31. The molecular weight excluding hydrogens is 389 g/mol. The van der Waals surface area contributed by atoms with Gasteiger partial charge in [-0.3, -0.25) is 14.5 Å². The lowest BCUT2D eigenvalue weighted by Crippen LogP contribution is -2.49. The van der Waals surface area contributed by atoms with Gasteiger partial charge in [0.1, 0.15) is 12.4 Å². The number of carbonyl (C=O) groups is 3. The summed E-state index contributed by atoms with van der Waals surface area (Å²) in [5, 5.41) is 0. The number of cyclic esters (lactones) is 1. The molecule has 0 atom stereocenters. The van der Waals surface area contributed by atoms with E-state index in [4.69, 9.17) is 4.74 Å². The van der Waals surface area contributed by atoms with Crippen LogP contribution in [-0.2, 0) is 4.74 Å². The number of hydrogen-bond acceptors (Lipinski definition) is 5. The predicted molar refractivity (Wildman–Crippen MR) is 110 cm³/mol. The van der Waals surface area contributed by atoms with E-state index in [9.17, 15) is 18.8 Å². The van der Waals surface area contributed by atoms with E-state index in [-0.39, 0.29) is 17.8 Å². The zero-order valence-corrected chi connectivity index (χ0v) is 16.6. The summed E-state index contributed by atoms with van der Waals surface area (Å²) in [5.74, 6) is -0.709. The minimum Gasteiger partial charge on any atom is -0.447 e. The number of ether oxygens (including phenoxy) is 1. The van der Waals surface area contributed by atoms with Gasteiger partial charge in [-0.15, -0.1) is 0 Å². The van der Waals surface area contributed by atoms with Crippen molar-refractivity contribution >= 4 is 29.2 Å². The topological polar surface area (TPSA) is 70.2 Å². The normalized spacial score (nSPS) is 16.6. The molecule has 0 radical (unpaired) electrons. The van der Waals surface area contributed by atoms with Gasteiger partial charge in [-0.2, -0.15) is 0 Å². The SMILES string of the molecule is CC(=O)c1ccc(N2CCN(C(=O)c3ccc(N4CCOC4=O)cc3)CC2)c(F)c1. The summed E-state index contributed by atoms with van der Waals surface area (Å²) in [5.41, 5.74) is 2.02. The highest BCUT2D eigenvalue weighted by Gasteiger charge is 2.26. The number of nitrogens with zero attached hydrogens (tertiary/aromatic N) is 3. The molecule has 2 aliphatic heterocycles. The summed E-state index contributed by atoms with van der Waals surface area (Å²) in [6.45, 7) is 4.20. The summed E-state index contributed by atoms with van der Waals surface area (Å²) < 4.78 is 19.3. The number of halogens is 1. The van der Waals surface area contributed by atoms with E-state index < -0.39 is 5.82 Å². The molecular formula is C22H22FN3O4. The second kappa shape index (κ2) is 8.14. The number of Topliss-reactive ketones (excluding diaryl/α,β-unsaturated/α-hetero) is 1. The minimum atomic E-state index is -0.432. The van der Waals surface area contributed by atoms with Crippen LogP contribution in [0.2, 0.25) is 0 Å². The van der Waals surface area contributed by atoms with Gasteiger partial charge in [0.15, 0.2) is 5.78 Å². The maximum Gasteiger partial charge on any atom is 0.414 e. The Bertz CT molecular complexity index is 984. The van der Waals surface area contributed by atoms with Crippen LogP contribution < -0.4 is 9.80 Å². The van der Waals surface area contributed by atoms with Crippen molar-refractivity contribution in [2.75, 3.05) is 49.1 Å². The van der Waals surface area contributed by atoms with Gasteiger partial charge in [-0.25, -0.2) is 9.18 Å². The third-order valence-electron chi connectivity index (χ3n) is 5.45. The monoisotopic (exact) mass is 411 g/mol. The van der Waals surface area contributed by atoms with E-state index >= 15 is 0 Å². The van der Waals surface area contributed by atoms with E-state index in [1.54, 1.807) is 41.3 Å². The van der Waals surface area contributed by atoms with E-state index in [1.165, 1.54) is 17.9 Å². The van der Waals surface area contributed by atoms with Crippen LogP contribution in [-0.4, -0.2) is 62.0 Å². The molecule has 30 heavy (non-hydrogen) atoms. The van der Waals surface area contributed by atoms with Crippen LogP contribution >= 0.6 is 0 Å². The third kappa shape index (κ3) is 3.85. The maximum atomic E-state index is 14.4. The Morgan fingerprint density at radius 2 is 1.60 bits per heavy atom. The van der Waals surface area contributed by atoms with Gasteiger partial charge in [-0.1, -0.05) is 0 Å². The van der Waals surface area contributed by atoms with Crippen molar-refractivity contribution in [3.8, 4) is 0 Å². The van der Waals surface area contributed by atoms with Gasteiger partial charge in [0.2, 0.25) is 0 Å². The molecule has 2 aromatic carbocycles. The first kappa shape index (κ1) is 19.9. The number of carbonyl (C=O) groups excluding carboxylic acids is 3. The highest BCUT2D eigenvalue weighted by Crippen LogP contribution is 2.24. The van der Waals surface area contributed by atoms with Crippen molar-refractivity contribution in [2.24, 2.45) is 0 Å². The van der Waals surface area contributed by atoms with Gasteiger partial charge in [0.25, 0.3) is 5.91 Å². The molecule has 0 bridgehead atoms. The molecule has 2 aromatic rings. The Morgan fingerprint density at radius 1 is 0.933 bits per heavy atom. The van der Waals surface area contributed by atoms with Crippen molar-refractivity contribution in [3.63, 3.8) is 0 Å². The first-order valence-electron chi connectivity index (χ1n) is 9.83. The van der Waals surface area contributed by atoms with Gasteiger partial charge in [0.05, 0.1) is 12.2 Å². The molecule has 0 N–H and O–H groups in total. The van der Waals surface area contributed by atoms with Crippen molar-refractivity contribution in [1.29, 1.82) is 0 Å². The molecule has 2 saturated heterocycles. The quantitative estimate of drug-likeness (QED) is 0.724. The van der Waals surface area contributed by atoms with E-state index in [2.05, 4.69) is 0 Å². The fourth-order valence-electron chi connectivity index (χ4n) is 3.73. The van der Waals surface area contributed by atoms with Crippen LogP contribution in [0.25, 0.3) is 0 Å². The van der Waals surface area contributed by atoms with Crippen LogP contribution in [0, 0.1) is 5.82 Å². The molecule has 2 amide bonds. The summed E-state index contributed by atoms with van der Waals surface area (Å²) in [6, 6.07) is 11.4. The number of rotatable bonds is 4. The molecule has 156 valence electrons. The predicted octanol–water partition coefficient (Wildman–Crippen LogP) is 2.95. The number of piperazine rings is 1. The van der Waals surface area contributed by atoms with Crippen molar-refractivity contribution in [2.45, 2.75) is 6.92 Å². The lowest BCUT2D eigenvalue weighted by molar-refractivity contribution is 0.0746. The fourth-order valence-corrected chi connectivity index (χ4v) is 3.73. The lowest BCUT2D eigenvalue weighted by atomic mass is 10.1. The molecule has 0 spiro atoms.